The van der Waals surface area contributed by atoms with E-state index in [1.54, 1.807) is 6.07 Å². The summed E-state index contributed by atoms with van der Waals surface area (Å²) in [5.74, 6) is 3.02. The predicted molar refractivity (Wildman–Crippen MR) is 235 cm³/mol. The van der Waals surface area contributed by atoms with Crippen LogP contribution < -0.4 is 9.64 Å². The second-order valence-corrected chi connectivity index (χ2v) is 26.0. The Bertz CT molecular complexity index is 2370. The Morgan fingerprint density at radius 1 is 0.902 bits per heavy atom. The molecule has 2 aromatic heterocycles. The molecule has 2 aromatic carbocycles. The van der Waals surface area contributed by atoms with Crippen LogP contribution in [0.1, 0.15) is 105 Å². The maximum Gasteiger partial charge on any atom is 0.391 e. The van der Waals surface area contributed by atoms with E-state index in [-0.39, 0.29) is 53.0 Å². The molecule has 4 atom stereocenters. The maximum absolute atomic E-state index is 17.8. The number of alkyl halides is 3. The highest BCUT2D eigenvalue weighted by Crippen LogP contribution is 2.51. The Hall–Kier alpha value is -3.82. The van der Waals surface area contributed by atoms with Gasteiger partial charge in [-0.1, -0.05) is 78.7 Å². The summed E-state index contributed by atoms with van der Waals surface area (Å²) in [6.07, 6.45) is 1.97. The molecule has 61 heavy (non-hydrogen) atoms. The van der Waals surface area contributed by atoms with Crippen LogP contribution in [0.5, 0.6) is 6.01 Å². The molecule has 0 unspecified atom stereocenters. The molecular weight excluding hydrogens is 798 g/mol. The summed E-state index contributed by atoms with van der Waals surface area (Å²) in [7, 11) is -2.26. The monoisotopic (exact) mass is 857 g/mol. The molecule has 2 saturated heterocycles. The van der Waals surface area contributed by atoms with Crippen LogP contribution in [0, 0.1) is 52.2 Å². The third kappa shape index (κ3) is 7.51. The molecule has 5 aliphatic rings. The zero-order valence-electron chi connectivity index (χ0n) is 36.7. The molecule has 4 fully saturated rings. The molecule has 0 radical (unpaired) electrons. The third-order valence-electron chi connectivity index (χ3n) is 15.7. The van der Waals surface area contributed by atoms with Gasteiger partial charge in [0.25, 0.3) is 0 Å². The molecule has 0 N–H and O–H groups in total. The van der Waals surface area contributed by atoms with Crippen LogP contribution in [0.25, 0.3) is 32.9 Å². The summed E-state index contributed by atoms with van der Waals surface area (Å²) in [4.78, 5) is 19.7. The van der Waals surface area contributed by atoms with Gasteiger partial charge in [-0.15, -0.1) is 5.54 Å². The van der Waals surface area contributed by atoms with Crippen molar-refractivity contribution in [2.24, 2.45) is 29.1 Å². The van der Waals surface area contributed by atoms with Crippen LogP contribution in [0.2, 0.25) is 16.6 Å². The van der Waals surface area contributed by atoms with Gasteiger partial charge >= 0.3 is 12.2 Å². The first-order valence-electron chi connectivity index (χ1n) is 22.8. The van der Waals surface area contributed by atoms with Gasteiger partial charge in [-0.05, 0) is 110 Å². The number of anilines is 1. The first-order valence-corrected chi connectivity index (χ1v) is 25.1. The average Bonchev–Trinajstić information content (AvgIpc) is 3.90. The second-order valence-electron chi connectivity index (χ2n) is 20.4. The zero-order chi connectivity index (χ0) is 43.2. The van der Waals surface area contributed by atoms with E-state index < -0.39 is 31.8 Å². The van der Waals surface area contributed by atoms with Crippen LogP contribution in [0.4, 0.5) is 27.8 Å². The second kappa shape index (κ2) is 15.8. The third-order valence-corrected chi connectivity index (χ3v) is 22.0. The molecule has 2 bridgehead atoms. The fourth-order valence-electron chi connectivity index (χ4n) is 12.4. The summed E-state index contributed by atoms with van der Waals surface area (Å²) in [6.45, 7) is 18.3. The number of halogens is 5. The molecule has 6 nitrogen and oxygen atoms in total. The van der Waals surface area contributed by atoms with Crippen molar-refractivity contribution in [2.45, 2.75) is 129 Å². The number of aromatic nitrogens is 3. The van der Waals surface area contributed by atoms with Crippen LogP contribution in [0.3, 0.4) is 0 Å². The molecule has 326 valence electrons. The van der Waals surface area contributed by atoms with Crippen molar-refractivity contribution >= 4 is 35.6 Å². The van der Waals surface area contributed by atoms with Crippen LogP contribution >= 0.6 is 0 Å². The first kappa shape index (κ1) is 42.5. The first-order chi connectivity index (χ1) is 29.0. The van der Waals surface area contributed by atoms with Crippen molar-refractivity contribution in [3.8, 4) is 28.7 Å². The van der Waals surface area contributed by atoms with Crippen molar-refractivity contribution in [1.82, 2.24) is 19.9 Å². The molecule has 2 saturated carbocycles. The quantitative estimate of drug-likeness (QED) is 0.0949. The van der Waals surface area contributed by atoms with Crippen molar-refractivity contribution < 1.29 is 26.7 Å². The highest BCUT2D eigenvalue weighted by atomic mass is 28.3. The summed E-state index contributed by atoms with van der Waals surface area (Å²) < 4.78 is 80.8. The van der Waals surface area contributed by atoms with E-state index in [1.165, 1.54) is 18.9 Å². The molecule has 0 spiro atoms. The van der Waals surface area contributed by atoms with E-state index in [4.69, 9.17) is 19.7 Å². The maximum atomic E-state index is 17.8. The highest BCUT2D eigenvalue weighted by molar-refractivity contribution is 6.90. The Morgan fingerprint density at radius 3 is 2.30 bits per heavy atom. The minimum Gasteiger partial charge on any atom is -0.463 e. The fourth-order valence-corrected chi connectivity index (χ4v) is 17.6. The molecule has 5 heterocycles. The Labute approximate surface area is 358 Å². The largest absolute Gasteiger partial charge is 0.463 e. The lowest BCUT2D eigenvalue weighted by Crippen LogP contribution is -2.49. The van der Waals surface area contributed by atoms with Gasteiger partial charge in [0, 0.05) is 35.5 Å². The van der Waals surface area contributed by atoms with Gasteiger partial charge < -0.3 is 14.5 Å². The molecule has 9 rings (SSSR count). The van der Waals surface area contributed by atoms with Gasteiger partial charge in [0.2, 0.25) is 0 Å². The van der Waals surface area contributed by atoms with Gasteiger partial charge in [0.05, 0.1) is 29.2 Å². The van der Waals surface area contributed by atoms with Gasteiger partial charge in [0.15, 0.2) is 5.82 Å². The number of hydrogen-bond donors (Lipinski definition) is 0. The topological polar surface area (TPSA) is 54.4 Å². The lowest BCUT2D eigenvalue weighted by molar-refractivity contribution is -0.185. The number of nitrogens with zero attached hydrogens (tertiary/aromatic N) is 5. The van der Waals surface area contributed by atoms with Gasteiger partial charge in [-0.3, -0.25) is 0 Å². The standard InChI is InChI=1S/C49H60F5N5OSi/c1-28(2)61(29(3)4,30(5)6)22-17-36-38(50)14-13-33-9-8-10-37(40(33)36)43-42(51)44-41-39(55-43)23-31(7)45-34-12-11-32(24-34)25-59(45)46(41)57-47(56-44)60-27-48(18-19-48)26-58-20-15-35(16-21-58)49(52,53)54/h8-10,13-14,28-32,34-35,45H,11-12,15-16,18-21,23-27H2,1-7H3/t31-,32-,34+,45-/m0/s1. The number of hydrogen-bond acceptors (Lipinski definition) is 6. The van der Waals surface area contributed by atoms with Crippen LogP contribution in [-0.2, 0) is 6.42 Å². The summed E-state index contributed by atoms with van der Waals surface area (Å²) in [5, 5.41) is 1.92. The fraction of sp³-hybridized carbons (Fsp3) is 0.612. The van der Waals surface area contributed by atoms with Gasteiger partial charge in [0.1, 0.15) is 30.9 Å². The van der Waals surface area contributed by atoms with Crippen molar-refractivity contribution in [1.29, 1.82) is 0 Å². The smallest absolute Gasteiger partial charge is 0.391 e. The Balaban J connectivity index is 1.15. The SMILES string of the molecule is CC(C)[Si](C#Cc1c(F)ccc2cccc(-c3nc4c5c(nc(OCC6(CN7CCC(C(F)(F)F)CC7)CC6)nc5c3F)N3C[C@H]5CC[C@H](C5)[C@@H]3[C@@H](C)C4)c12)(C(C)C)C(C)C. The van der Waals surface area contributed by atoms with E-state index in [9.17, 15) is 13.2 Å². The Morgan fingerprint density at radius 2 is 1.62 bits per heavy atom. The van der Waals surface area contributed by atoms with Crippen molar-refractivity contribution in [3.05, 3.63) is 53.2 Å². The molecular formula is C49H60F5N5OSi. The molecule has 0 amide bonds. The molecule has 3 aliphatic heterocycles. The Kier molecular flexibility index (Phi) is 11.0. The number of rotatable bonds is 9. The summed E-state index contributed by atoms with van der Waals surface area (Å²) in [6, 6.07) is 9.12. The number of likely N-dealkylation sites (tertiary alicyclic amines) is 1. The lowest BCUT2D eigenvalue weighted by Gasteiger charge is -2.43. The number of ether oxygens (including phenoxy) is 1. The zero-order valence-corrected chi connectivity index (χ0v) is 37.7. The van der Waals surface area contributed by atoms with E-state index in [1.807, 2.05) is 18.2 Å². The number of piperidine rings is 2. The highest BCUT2D eigenvalue weighted by Gasteiger charge is 2.49. The van der Waals surface area contributed by atoms with E-state index >= 15 is 8.78 Å². The number of fused-ring (bicyclic) bond motifs is 6. The minimum atomic E-state index is -4.16. The number of pyridine rings is 1. The van der Waals surface area contributed by atoms with Gasteiger partial charge in [-0.2, -0.15) is 23.1 Å². The van der Waals surface area contributed by atoms with Crippen molar-refractivity contribution in [2.75, 3.05) is 37.7 Å². The molecule has 4 aromatic rings. The molecule has 12 heteroatoms. The van der Waals surface area contributed by atoms with Crippen LogP contribution in [-0.4, -0.2) is 72.9 Å². The molecule has 2 aliphatic carbocycles. The average molecular weight is 858 g/mol. The lowest BCUT2D eigenvalue weighted by atomic mass is 9.82. The van der Waals surface area contributed by atoms with E-state index in [0.29, 0.717) is 83.3 Å². The number of benzene rings is 2. The summed E-state index contributed by atoms with van der Waals surface area (Å²) >= 11 is 0. The predicted octanol–water partition coefficient (Wildman–Crippen LogP) is 11.9. The van der Waals surface area contributed by atoms with Crippen molar-refractivity contribution in [3.63, 3.8) is 0 Å². The van der Waals surface area contributed by atoms with Gasteiger partial charge in [-0.25, -0.2) is 13.8 Å². The normalized spacial score (nSPS) is 24.1. The van der Waals surface area contributed by atoms with Crippen LogP contribution in [0.15, 0.2) is 30.3 Å². The van der Waals surface area contributed by atoms with E-state index in [0.717, 1.165) is 36.9 Å². The van der Waals surface area contributed by atoms with E-state index in [2.05, 4.69) is 69.7 Å². The summed E-state index contributed by atoms with van der Waals surface area (Å²) in [5.41, 5.74) is 6.30. The minimum absolute atomic E-state index is 0.102.